The lowest BCUT2D eigenvalue weighted by Gasteiger charge is -2.30. The van der Waals surface area contributed by atoms with Crippen molar-refractivity contribution in [3.63, 3.8) is 0 Å². The molecule has 1 fully saturated rings. The maximum absolute atomic E-state index is 12.6. The second-order valence-corrected chi connectivity index (χ2v) is 7.44. The van der Waals surface area contributed by atoms with Gasteiger partial charge in [-0.05, 0) is 36.6 Å². The first kappa shape index (κ1) is 20.9. The maximum atomic E-state index is 12.6. The molecule has 2 amide bonds. The molecule has 0 aliphatic carbocycles. The van der Waals surface area contributed by atoms with Crippen molar-refractivity contribution in [1.82, 2.24) is 10.2 Å². The first-order valence-corrected chi connectivity index (χ1v) is 10.0. The number of halogens is 1. The Labute approximate surface area is 176 Å². The minimum atomic E-state index is -0.101. The molecule has 3 rings (SSSR count). The fourth-order valence-corrected chi connectivity index (χ4v) is 3.85. The minimum Gasteiger partial charge on any atom is -0.496 e. The van der Waals surface area contributed by atoms with E-state index < -0.39 is 0 Å². The molecule has 1 aliphatic heterocycles. The van der Waals surface area contributed by atoms with Gasteiger partial charge in [0.25, 0.3) is 0 Å². The van der Waals surface area contributed by atoms with Crippen molar-refractivity contribution in [1.29, 1.82) is 0 Å². The Bertz CT molecular complexity index is 890. The second-order valence-electron chi connectivity index (χ2n) is 7.03. The number of piperidine rings is 1. The van der Waals surface area contributed by atoms with Crippen molar-refractivity contribution in [2.24, 2.45) is 5.92 Å². The Kier molecular flexibility index (Phi) is 6.94. The second kappa shape index (κ2) is 9.61. The number of methoxy groups -OCH3 is 1. The zero-order valence-electron chi connectivity index (χ0n) is 16.5. The van der Waals surface area contributed by atoms with E-state index in [1.807, 2.05) is 36.4 Å². The van der Waals surface area contributed by atoms with E-state index in [9.17, 15) is 9.59 Å². The van der Waals surface area contributed by atoms with Gasteiger partial charge in [-0.2, -0.15) is 0 Å². The third-order valence-corrected chi connectivity index (χ3v) is 5.57. The molecule has 0 spiro atoms. The maximum Gasteiger partial charge on any atom is 0.245 e. The van der Waals surface area contributed by atoms with Gasteiger partial charge in [0, 0.05) is 36.7 Å². The molecule has 0 aromatic heterocycles. The summed E-state index contributed by atoms with van der Waals surface area (Å²) in [5.74, 6) is 0.453. The van der Waals surface area contributed by atoms with Crippen LogP contribution in [-0.4, -0.2) is 36.9 Å². The molecular weight excluding hydrogens is 388 g/mol. The molecule has 0 saturated carbocycles. The fourth-order valence-electron chi connectivity index (χ4n) is 3.58. The Hall–Kier alpha value is -2.79. The van der Waals surface area contributed by atoms with Gasteiger partial charge in [0.05, 0.1) is 12.1 Å². The summed E-state index contributed by atoms with van der Waals surface area (Å²) in [4.78, 5) is 26.0. The molecule has 1 heterocycles. The number of benzene rings is 2. The number of hydrogen-bond acceptors (Lipinski definition) is 3. The van der Waals surface area contributed by atoms with Gasteiger partial charge in [0.15, 0.2) is 0 Å². The first-order chi connectivity index (χ1) is 14.0. The van der Waals surface area contributed by atoms with Crippen LogP contribution in [0.25, 0.3) is 11.1 Å². The van der Waals surface area contributed by atoms with E-state index in [2.05, 4.69) is 11.9 Å². The molecule has 152 valence electrons. The highest BCUT2D eigenvalue weighted by Crippen LogP contribution is 2.34. The predicted molar refractivity (Wildman–Crippen MR) is 115 cm³/mol. The van der Waals surface area contributed by atoms with Gasteiger partial charge in [-0.3, -0.25) is 9.59 Å². The number of carbonyl (C=O) groups is 2. The van der Waals surface area contributed by atoms with E-state index in [1.54, 1.807) is 18.1 Å². The molecule has 1 saturated heterocycles. The van der Waals surface area contributed by atoms with Crippen LogP contribution in [-0.2, 0) is 16.1 Å². The number of carbonyl (C=O) groups excluding carboxylic acids is 2. The summed E-state index contributed by atoms with van der Waals surface area (Å²) >= 11 is 6.44. The zero-order chi connectivity index (χ0) is 20.8. The van der Waals surface area contributed by atoms with E-state index in [-0.39, 0.29) is 17.7 Å². The summed E-state index contributed by atoms with van der Waals surface area (Å²) in [5, 5.41) is 3.61. The topological polar surface area (TPSA) is 58.6 Å². The van der Waals surface area contributed by atoms with E-state index >= 15 is 0 Å². The van der Waals surface area contributed by atoms with Gasteiger partial charge in [0.1, 0.15) is 5.75 Å². The molecule has 0 atom stereocenters. The summed E-state index contributed by atoms with van der Waals surface area (Å²) < 4.78 is 5.46. The lowest BCUT2D eigenvalue weighted by Crippen LogP contribution is -2.42. The Morgan fingerprint density at radius 1 is 1.24 bits per heavy atom. The quantitative estimate of drug-likeness (QED) is 0.728. The number of nitrogens with zero attached hydrogens (tertiary/aromatic N) is 1. The van der Waals surface area contributed by atoms with Crippen molar-refractivity contribution < 1.29 is 14.3 Å². The molecule has 1 N–H and O–H groups in total. The molecule has 2 aromatic carbocycles. The van der Waals surface area contributed by atoms with Gasteiger partial charge >= 0.3 is 0 Å². The van der Waals surface area contributed by atoms with Crippen LogP contribution in [0.5, 0.6) is 5.75 Å². The predicted octanol–water partition coefficient (Wildman–Crippen LogP) is 4.06. The highest BCUT2D eigenvalue weighted by Gasteiger charge is 2.26. The van der Waals surface area contributed by atoms with Gasteiger partial charge in [-0.25, -0.2) is 0 Å². The van der Waals surface area contributed by atoms with E-state index in [0.717, 1.165) is 16.7 Å². The van der Waals surface area contributed by atoms with Crippen LogP contribution in [0.1, 0.15) is 18.4 Å². The number of hydrogen-bond donors (Lipinski definition) is 1. The molecule has 0 unspecified atom stereocenters. The van der Waals surface area contributed by atoms with Gasteiger partial charge in [-0.1, -0.05) is 48.5 Å². The van der Waals surface area contributed by atoms with Gasteiger partial charge < -0.3 is 15.0 Å². The number of nitrogens with one attached hydrogen (secondary N) is 1. The standard InChI is InChI=1S/C23H25ClN2O3/c1-3-22(27)26-11-9-17(10-12-26)23(28)25-15-18-13-19(16-7-5-4-6-8-16)20(24)14-21(18)29-2/h3-8,13-14,17H,1,9-12,15H2,2H3,(H,25,28). The van der Waals surface area contributed by atoms with Crippen molar-refractivity contribution in [2.45, 2.75) is 19.4 Å². The molecular formula is C23H25ClN2O3. The third-order valence-electron chi connectivity index (χ3n) is 5.26. The summed E-state index contributed by atoms with van der Waals surface area (Å²) in [6.45, 7) is 5.01. The van der Waals surface area contributed by atoms with Gasteiger partial charge in [-0.15, -0.1) is 0 Å². The van der Waals surface area contributed by atoms with E-state index in [0.29, 0.717) is 43.2 Å². The first-order valence-electron chi connectivity index (χ1n) is 9.64. The normalized spacial score (nSPS) is 14.3. The molecule has 2 aromatic rings. The van der Waals surface area contributed by atoms with E-state index in [4.69, 9.17) is 16.3 Å². The van der Waals surface area contributed by atoms with Crippen LogP contribution in [0, 0.1) is 5.92 Å². The van der Waals surface area contributed by atoms with Crippen molar-refractivity contribution >= 4 is 23.4 Å². The molecule has 0 radical (unpaired) electrons. The number of ether oxygens (including phenoxy) is 1. The molecule has 6 heteroatoms. The molecule has 5 nitrogen and oxygen atoms in total. The highest BCUT2D eigenvalue weighted by molar-refractivity contribution is 6.33. The van der Waals surface area contributed by atoms with Crippen molar-refractivity contribution in [3.05, 3.63) is 65.7 Å². The van der Waals surface area contributed by atoms with Crippen LogP contribution in [0.3, 0.4) is 0 Å². The highest BCUT2D eigenvalue weighted by atomic mass is 35.5. The summed E-state index contributed by atoms with van der Waals surface area (Å²) in [7, 11) is 1.59. The Morgan fingerprint density at radius 2 is 1.93 bits per heavy atom. The third kappa shape index (κ3) is 4.98. The van der Waals surface area contributed by atoms with Crippen LogP contribution in [0.15, 0.2) is 55.1 Å². The SMILES string of the molecule is C=CC(=O)N1CCC(C(=O)NCc2cc(-c3ccccc3)c(Cl)cc2OC)CC1. The number of rotatable bonds is 6. The Balaban J connectivity index is 1.68. The smallest absolute Gasteiger partial charge is 0.245 e. The summed E-state index contributed by atoms with van der Waals surface area (Å²) in [5.41, 5.74) is 2.77. The van der Waals surface area contributed by atoms with Crippen LogP contribution in [0.4, 0.5) is 0 Å². The number of amides is 2. The number of likely N-dealkylation sites (tertiary alicyclic amines) is 1. The van der Waals surface area contributed by atoms with Gasteiger partial charge in [0.2, 0.25) is 11.8 Å². The molecule has 29 heavy (non-hydrogen) atoms. The monoisotopic (exact) mass is 412 g/mol. The molecule has 1 aliphatic rings. The zero-order valence-corrected chi connectivity index (χ0v) is 17.2. The fraction of sp³-hybridized carbons (Fsp3) is 0.304. The average Bonchev–Trinajstić information content (AvgIpc) is 2.77. The lowest BCUT2D eigenvalue weighted by atomic mass is 9.95. The van der Waals surface area contributed by atoms with Crippen LogP contribution >= 0.6 is 11.6 Å². The lowest BCUT2D eigenvalue weighted by molar-refractivity contribution is -0.132. The summed E-state index contributed by atoms with van der Waals surface area (Å²) in [6, 6.07) is 13.6. The van der Waals surface area contributed by atoms with Crippen molar-refractivity contribution in [3.8, 4) is 16.9 Å². The average molecular weight is 413 g/mol. The summed E-state index contributed by atoms with van der Waals surface area (Å²) in [6.07, 6.45) is 2.62. The van der Waals surface area contributed by atoms with Crippen LogP contribution in [0.2, 0.25) is 5.02 Å². The molecule has 0 bridgehead atoms. The largest absolute Gasteiger partial charge is 0.496 e. The Morgan fingerprint density at radius 3 is 2.55 bits per heavy atom. The minimum absolute atomic E-state index is 0.00559. The van der Waals surface area contributed by atoms with Crippen molar-refractivity contribution in [2.75, 3.05) is 20.2 Å². The van der Waals surface area contributed by atoms with Crippen LogP contribution < -0.4 is 10.1 Å². The van der Waals surface area contributed by atoms with E-state index in [1.165, 1.54) is 6.08 Å².